The van der Waals surface area contributed by atoms with E-state index in [-0.39, 0.29) is 0 Å². The Balaban J connectivity index is 3.30. The summed E-state index contributed by atoms with van der Waals surface area (Å²) in [5.41, 5.74) is 0. The van der Waals surface area contributed by atoms with Crippen molar-refractivity contribution in [3.63, 3.8) is 0 Å². The Morgan fingerprint density at radius 3 is 2.17 bits per heavy atom. The number of hydrogen-bond acceptors (Lipinski definition) is 2. The fourth-order valence-electron chi connectivity index (χ4n) is 0.866. The SMILES string of the molecule is CCC(C)CNCC(C)N(C)C. The second kappa shape index (κ2) is 6.44. The second-order valence-corrected chi connectivity index (χ2v) is 3.98. The number of nitrogens with zero attached hydrogens (tertiary/aromatic N) is 1. The van der Waals surface area contributed by atoms with Gasteiger partial charge in [-0.3, -0.25) is 0 Å². The second-order valence-electron chi connectivity index (χ2n) is 3.98. The van der Waals surface area contributed by atoms with E-state index in [1.165, 1.54) is 6.42 Å². The molecule has 0 saturated heterocycles. The third kappa shape index (κ3) is 5.56. The molecule has 0 radical (unpaired) electrons. The van der Waals surface area contributed by atoms with Crippen LogP contribution in [0.2, 0.25) is 0 Å². The van der Waals surface area contributed by atoms with Gasteiger partial charge in [0.2, 0.25) is 0 Å². The van der Waals surface area contributed by atoms with Gasteiger partial charge in [-0.15, -0.1) is 0 Å². The van der Waals surface area contributed by atoms with E-state index in [2.05, 4.69) is 45.1 Å². The van der Waals surface area contributed by atoms with Crippen molar-refractivity contribution in [2.75, 3.05) is 27.2 Å². The Kier molecular flexibility index (Phi) is 6.39. The van der Waals surface area contributed by atoms with Crippen LogP contribution in [0.15, 0.2) is 0 Å². The molecule has 0 aromatic heterocycles. The monoisotopic (exact) mass is 172 g/mol. The van der Waals surface area contributed by atoms with E-state index in [1.807, 2.05) is 0 Å². The zero-order valence-corrected chi connectivity index (χ0v) is 9.22. The summed E-state index contributed by atoms with van der Waals surface area (Å²) >= 11 is 0. The lowest BCUT2D eigenvalue weighted by atomic mass is 10.1. The first-order valence-corrected chi connectivity index (χ1v) is 4.95. The molecule has 0 aliphatic heterocycles. The normalized spacial score (nSPS) is 16.5. The fourth-order valence-corrected chi connectivity index (χ4v) is 0.866. The van der Waals surface area contributed by atoms with Gasteiger partial charge in [0.1, 0.15) is 0 Å². The first-order chi connectivity index (χ1) is 5.57. The van der Waals surface area contributed by atoms with Gasteiger partial charge in [-0.25, -0.2) is 0 Å². The predicted molar refractivity (Wildman–Crippen MR) is 55.5 cm³/mol. The van der Waals surface area contributed by atoms with E-state index in [0.717, 1.165) is 19.0 Å². The van der Waals surface area contributed by atoms with Crippen LogP contribution in [-0.2, 0) is 0 Å². The summed E-state index contributed by atoms with van der Waals surface area (Å²) in [6, 6.07) is 0.633. The van der Waals surface area contributed by atoms with Crippen molar-refractivity contribution in [1.29, 1.82) is 0 Å². The highest BCUT2D eigenvalue weighted by molar-refractivity contribution is 4.64. The van der Waals surface area contributed by atoms with Crippen LogP contribution in [0.5, 0.6) is 0 Å². The average Bonchev–Trinajstić information content (AvgIpc) is 2.03. The van der Waals surface area contributed by atoms with Gasteiger partial charge in [0, 0.05) is 12.6 Å². The molecule has 0 fully saturated rings. The Bertz CT molecular complexity index is 102. The van der Waals surface area contributed by atoms with Gasteiger partial charge in [-0.05, 0) is 33.5 Å². The van der Waals surface area contributed by atoms with Crippen LogP contribution < -0.4 is 5.32 Å². The van der Waals surface area contributed by atoms with Crippen molar-refractivity contribution in [2.45, 2.75) is 33.2 Å². The third-order valence-electron chi connectivity index (χ3n) is 2.51. The third-order valence-corrected chi connectivity index (χ3v) is 2.51. The van der Waals surface area contributed by atoms with Crippen molar-refractivity contribution in [3.05, 3.63) is 0 Å². The minimum absolute atomic E-state index is 0.633. The van der Waals surface area contributed by atoms with Crippen molar-refractivity contribution >= 4 is 0 Å². The standard InChI is InChI=1S/C10H24N2/c1-6-9(2)7-11-8-10(3)12(4)5/h9-11H,6-8H2,1-5H3. The summed E-state index contributed by atoms with van der Waals surface area (Å²) < 4.78 is 0. The lowest BCUT2D eigenvalue weighted by Crippen LogP contribution is -2.36. The lowest BCUT2D eigenvalue weighted by molar-refractivity contribution is 0.298. The minimum atomic E-state index is 0.633. The molecule has 2 unspecified atom stereocenters. The number of hydrogen-bond donors (Lipinski definition) is 1. The molecule has 0 spiro atoms. The summed E-state index contributed by atoms with van der Waals surface area (Å²) in [6.45, 7) is 9.00. The van der Waals surface area contributed by atoms with E-state index >= 15 is 0 Å². The minimum Gasteiger partial charge on any atom is -0.315 e. The molecule has 0 aromatic rings. The van der Waals surface area contributed by atoms with Gasteiger partial charge in [0.15, 0.2) is 0 Å². The number of rotatable bonds is 6. The van der Waals surface area contributed by atoms with Gasteiger partial charge in [-0.2, -0.15) is 0 Å². The van der Waals surface area contributed by atoms with E-state index in [4.69, 9.17) is 0 Å². The zero-order chi connectivity index (χ0) is 9.56. The van der Waals surface area contributed by atoms with Crippen LogP contribution in [0.25, 0.3) is 0 Å². The molecule has 0 aliphatic rings. The largest absolute Gasteiger partial charge is 0.315 e. The van der Waals surface area contributed by atoms with Gasteiger partial charge in [0.25, 0.3) is 0 Å². The Labute approximate surface area is 77.3 Å². The summed E-state index contributed by atoms with van der Waals surface area (Å²) in [7, 11) is 4.24. The van der Waals surface area contributed by atoms with Crippen LogP contribution in [0.4, 0.5) is 0 Å². The molecule has 1 N–H and O–H groups in total. The van der Waals surface area contributed by atoms with Crippen molar-refractivity contribution in [3.8, 4) is 0 Å². The molecular weight excluding hydrogens is 148 g/mol. The smallest absolute Gasteiger partial charge is 0.0186 e. The van der Waals surface area contributed by atoms with Crippen molar-refractivity contribution in [2.24, 2.45) is 5.92 Å². The van der Waals surface area contributed by atoms with E-state index in [0.29, 0.717) is 6.04 Å². The van der Waals surface area contributed by atoms with Crippen LogP contribution >= 0.6 is 0 Å². The summed E-state index contributed by atoms with van der Waals surface area (Å²) in [4.78, 5) is 2.24. The maximum atomic E-state index is 3.48. The van der Waals surface area contributed by atoms with Crippen molar-refractivity contribution in [1.82, 2.24) is 10.2 Å². The summed E-state index contributed by atoms with van der Waals surface area (Å²) in [6.07, 6.45) is 1.27. The molecule has 74 valence electrons. The molecule has 0 bridgehead atoms. The van der Waals surface area contributed by atoms with Gasteiger partial charge in [0.05, 0.1) is 0 Å². The fraction of sp³-hybridized carbons (Fsp3) is 1.00. The number of nitrogens with one attached hydrogen (secondary N) is 1. The quantitative estimate of drug-likeness (QED) is 0.654. The average molecular weight is 172 g/mol. The van der Waals surface area contributed by atoms with Crippen LogP contribution in [0, 0.1) is 5.92 Å². The first kappa shape index (κ1) is 11.9. The van der Waals surface area contributed by atoms with Crippen LogP contribution in [-0.4, -0.2) is 38.1 Å². The molecule has 0 aromatic carbocycles. The highest BCUT2D eigenvalue weighted by Crippen LogP contribution is 1.97. The molecular formula is C10H24N2. The van der Waals surface area contributed by atoms with Gasteiger partial charge >= 0.3 is 0 Å². The molecule has 0 aliphatic carbocycles. The first-order valence-electron chi connectivity index (χ1n) is 4.95. The molecule has 0 heterocycles. The van der Waals surface area contributed by atoms with Gasteiger partial charge in [-0.1, -0.05) is 20.3 Å². The molecule has 2 atom stereocenters. The molecule has 2 nitrogen and oxygen atoms in total. The van der Waals surface area contributed by atoms with Crippen LogP contribution in [0.1, 0.15) is 27.2 Å². The summed E-state index contributed by atoms with van der Waals surface area (Å²) in [5.74, 6) is 0.805. The highest BCUT2D eigenvalue weighted by atomic mass is 15.1. The molecule has 0 amide bonds. The molecule has 0 saturated carbocycles. The Morgan fingerprint density at radius 2 is 1.75 bits per heavy atom. The van der Waals surface area contributed by atoms with E-state index in [9.17, 15) is 0 Å². The highest BCUT2D eigenvalue weighted by Gasteiger charge is 2.04. The van der Waals surface area contributed by atoms with E-state index < -0.39 is 0 Å². The molecule has 2 heteroatoms. The Morgan fingerprint density at radius 1 is 1.17 bits per heavy atom. The zero-order valence-electron chi connectivity index (χ0n) is 9.22. The Hall–Kier alpha value is -0.0800. The number of likely N-dealkylation sites (N-methyl/N-ethyl adjacent to an activating group) is 1. The maximum Gasteiger partial charge on any atom is 0.0186 e. The van der Waals surface area contributed by atoms with Gasteiger partial charge < -0.3 is 10.2 Å². The van der Waals surface area contributed by atoms with Crippen molar-refractivity contribution < 1.29 is 0 Å². The molecule has 0 rings (SSSR count). The van der Waals surface area contributed by atoms with E-state index in [1.54, 1.807) is 0 Å². The van der Waals surface area contributed by atoms with Crippen LogP contribution in [0.3, 0.4) is 0 Å². The maximum absolute atomic E-state index is 3.48. The lowest BCUT2D eigenvalue weighted by Gasteiger charge is -2.21. The molecule has 12 heavy (non-hydrogen) atoms. The predicted octanol–water partition coefficient (Wildman–Crippen LogP) is 1.57. The summed E-state index contributed by atoms with van der Waals surface area (Å²) in [5, 5.41) is 3.48. The topological polar surface area (TPSA) is 15.3 Å².